The second kappa shape index (κ2) is 5.16. The molecule has 128 valence electrons. The third kappa shape index (κ3) is 2.05. The molecule has 4 rings (SSSR count). The van der Waals surface area contributed by atoms with Crippen molar-refractivity contribution in [3.63, 3.8) is 0 Å². The van der Waals surface area contributed by atoms with Crippen molar-refractivity contribution in [1.82, 2.24) is 0 Å². The van der Waals surface area contributed by atoms with E-state index in [4.69, 9.17) is 4.74 Å². The minimum Gasteiger partial charge on any atom is -0.385 e. The largest absolute Gasteiger partial charge is 0.385 e. The van der Waals surface area contributed by atoms with Gasteiger partial charge in [0.05, 0.1) is 6.10 Å². The van der Waals surface area contributed by atoms with E-state index in [-0.39, 0.29) is 16.6 Å². The Labute approximate surface area is 139 Å². The number of hydrogen-bond donors (Lipinski definition) is 1. The number of hydrogen-bond acceptors (Lipinski definition) is 3. The number of ketones is 1. The van der Waals surface area contributed by atoms with Gasteiger partial charge < -0.3 is 9.84 Å². The third-order valence-corrected chi connectivity index (χ3v) is 8.18. The molecule has 1 N–H and O–H groups in total. The number of rotatable bonds is 1. The molecule has 0 amide bonds. The fraction of sp³-hybridized carbons (Fsp3) is 0.850. The standard InChI is InChI=1S/C20H30O3/c1-19-8-6-13(23-3)10-12(19)4-5-14-15(19)7-9-20(2)16(14)11-17(21)18(20)22/h4,13-16,18,22H,5-11H2,1-3H3/t13-,14+,15-,16-,18+,19-,20-/m0/s1. The van der Waals surface area contributed by atoms with Crippen molar-refractivity contribution >= 4 is 5.78 Å². The lowest BCUT2D eigenvalue weighted by atomic mass is 9.48. The number of methoxy groups -OCH3 is 1. The lowest BCUT2D eigenvalue weighted by molar-refractivity contribution is -0.128. The highest BCUT2D eigenvalue weighted by atomic mass is 16.5. The van der Waals surface area contributed by atoms with E-state index in [1.807, 2.05) is 7.11 Å². The second-order valence-electron chi connectivity index (χ2n) is 8.98. The van der Waals surface area contributed by atoms with Crippen LogP contribution in [-0.2, 0) is 9.53 Å². The number of fused-ring (bicyclic) bond motifs is 5. The maximum Gasteiger partial charge on any atom is 0.162 e. The van der Waals surface area contributed by atoms with Crippen LogP contribution >= 0.6 is 0 Å². The summed E-state index contributed by atoms with van der Waals surface area (Å²) in [6.45, 7) is 4.62. The van der Waals surface area contributed by atoms with Crippen LogP contribution in [0.5, 0.6) is 0 Å². The Morgan fingerprint density at radius 3 is 2.70 bits per heavy atom. The zero-order valence-electron chi connectivity index (χ0n) is 14.7. The van der Waals surface area contributed by atoms with Crippen LogP contribution in [0.1, 0.15) is 58.8 Å². The first-order valence-electron chi connectivity index (χ1n) is 9.33. The first kappa shape index (κ1) is 15.8. The van der Waals surface area contributed by atoms with Crippen LogP contribution in [0.15, 0.2) is 11.6 Å². The van der Waals surface area contributed by atoms with Gasteiger partial charge in [-0.15, -0.1) is 0 Å². The van der Waals surface area contributed by atoms with Crippen molar-refractivity contribution in [2.75, 3.05) is 7.11 Å². The minimum atomic E-state index is -0.726. The molecule has 0 aromatic carbocycles. The second-order valence-corrected chi connectivity index (χ2v) is 8.98. The third-order valence-electron chi connectivity index (χ3n) is 8.18. The normalized spacial score (nSPS) is 52.4. The maximum absolute atomic E-state index is 12.2. The Hall–Kier alpha value is -0.670. The molecule has 0 aromatic rings. The van der Waals surface area contributed by atoms with Crippen molar-refractivity contribution in [2.45, 2.75) is 71.0 Å². The number of allylic oxidation sites excluding steroid dienone is 1. The van der Waals surface area contributed by atoms with Crippen LogP contribution in [0, 0.1) is 28.6 Å². The van der Waals surface area contributed by atoms with E-state index < -0.39 is 6.10 Å². The summed E-state index contributed by atoms with van der Waals surface area (Å²) in [7, 11) is 1.83. The summed E-state index contributed by atoms with van der Waals surface area (Å²) in [5, 5.41) is 10.4. The van der Waals surface area contributed by atoms with Gasteiger partial charge in [-0.3, -0.25) is 4.79 Å². The maximum atomic E-state index is 12.2. The Morgan fingerprint density at radius 1 is 1.17 bits per heavy atom. The molecule has 0 aliphatic heterocycles. The van der Waals surface area contributed by atoms with Gasteiger partial charge in [-0.1, -0.05) is 25.5 Å². The smallest absolute Gasteiger partial charge is 0.162 e. The summed E-state index contributed by atoms with van der Waals surface area (Å²) in [6.07, 6.45) is 9.41. The van der Waals surface area contributed by atoms with Crippen LogP contribution in [0.3, 0.4) is 0 Å². The van der Waals surface area contributed by atoms with E-state index in [1.54, 1.807) is 5.57 Å². The summed E-state index contributed by atoms with van der Waals surface area (Å²) in [5.41, 5.74) is 1.71. The molecule has 3 saturated carbocycles. The van der Waals surface area contributed by atoms with E-state index >= 15 is 0 Å². The first-order chi connectivity index (χ1) is 10.9. The lowest BCUT2D eigenvalue weighted by Crippen LogP contribution is -2.51. The average molecular weight is 318 g/mol. The molecular weight excluding hydrogens is 288 g/mol. The molecule has 23 heavy (non-hydrogen) atoms. The molecule has 0 unspecified atom stereocenters. The number of aliphatic hydroxyl groups is 1. The quantitative estimate of drug-likeness (QED) is 0.753. The van der Waals surface area contributed by atoms with Gasteiger partial charge >= 0.3 is 0 Å². The summed E-state index contributed by atoms with van der Waals surface area (Å²) >= 11 is 0. The highest BCUT2D eigenvalue weighted by Gasteiger charge is 2.60. The SMILES string of the molecule is CO[C@H]1CC[C@@]2(C)C(=CC[C@H]3[C@@H]4CC(=O)[C@@H](O)[C@@]4(C)CC[C@@H]32)C1. The number of ether oxygens (including phenoxy) is 1. The van der Waals surface area contributed by atoms with Crippen LogP contribution in [-0.4, -0.2) is 30.2 Å². The molecule has 0 spiro atoms. The first-order valence-corrected chi connectivity index (χ1v) is 9.33. The van der Waals surface area contributed by atoms with Crippen molar-refractivity contribution in [2.24, 2.45) is 28.6 Å². The van der Waals surface area contributed by atoms with Crippen molar-refractivity contribution < 1.29 is 14.6 Å². The molecule has 0 radical (unpaired) electrons. The molecule has 4 aliphatic carbocycles. The van der Waals surface area contributed by atoms with Gasteiger partial charge in [0.25, 0.3) is 0 Å². The number of aliphatic hydroxyl groups excluding tert-OH is 1. The predicted molar refractivity (Wildman–Crippen MR) is 88.9 cm³/mol. The molecule has 0 bridgehead atoms. The van der Waals surface area contributed by atoms with Gasteiger partial charge in [-0.05, 0) is 61.7 Å². The molecule has 0 aromatic heterocycles. The van der Waals surface area contributed by atoms with E-state index in [0.717, 1.165) is 32.1 Å². The van der Waals surface area contributed by atoms with Gasteiger partial charge in [-0.25, -0.2) is 0 Å². The van der Waals surface area contributed by atoms with Gasteiger partial charge in [-0.2, -0.15) is 0 Å². The molecule has 3 fully saturated rings. The van der Waals surface area contributed by atoms with Gasteiger partial charge in [0.2, 0.25) is 0 Å². The summed E-state index contributed by atoms with van der Waals surface area (Å²) in [6, 6.07) is 0. The number of carbonyl (C=O) groups excluding carboxylic acids is 1. The Bertz CT molecular complexity index is 553. The van der Waals surface area contributed by atoms with Crippen molar-refractivity contribution in [3.8, 4) is 0 Å². The van der Waals surface area contributed by atoms with Crippen LogP contribution in [0.2, 0.25) is 0 Å². The van der Waals surface area contributed by atoms with Gasteiger partial charge in [0, 0.05) is 18.9 Å². The Kier molecular flexibility index (Phi) is 3.55. The topological polar surface area (TPSA) is 46.5 Å². The van der Waals surface area contributed by atoms with Crippen LogP contribution in [0.4, 0.5) is 0 Å². The highest BCUT2D eigenvalue weighted by Crippen LogP contribution is 2.64. The van der Waals surface area contributed by atoms with E-state index in [9.17, 15) is 9.90 Å². The van der Waals surface area contributed by atoms with Crippen molar-refractivity contribution in [3.05, 3.63) is 11.6 Å². The van der Waals surface area contributed by atoms with Gasteiger partial charge in [0.1, 0.15) is 6.10 Å². The summed E-state index contributed by atoms with van der Waals surface area (Å²) in [4.78, 5) is 12.2. The fourth-order valence-corrected chi connectivity index (χ4v) is 6.60. The van der Waals surface area contributed by atoms with Gasteiger partial charge in [0.15, 0.2) is 5.78 Å². The monoisotopic (exact) mass is 318 g/mol. The molecular formula is C20H30O3. The highest BCUT2D eigenvalue weighted by molar-refractivity contribution is 5.86. The van der Waals surface area contributed by atoms with E-state index in [1.165, 1.54) is 6.42 Å². The zero-order valence-corrected chi connectivity index (χ0v) is 14.7. The predicted octanol–water partition coefficient (Wildman–Crippen LogP) is 3.50. The molecule has 0 heterocycles. The minimum absolute atomic E-state index is 0.0844. The lowest BCUT2D eigenvalue weighted by Gasteiger charge is -2.57. The molecule has 7 atom stereocenters. The van der Waals surface area contributed by atoms with E-state index in [2.05, 4.69) is 19.9 Å². The summed E-state index contributed by atoms with van der Waals surface area (Å²) in [5.74, 6) is 1.71. The van der Waals surface area contributed by atoms with Crippen molar-refractivity contribution in [1.29, 1.82) is 0 Å². The molecule has 0 saturated heterocycles. The Balaban J connectivity index is 1.66. The summed E-state index contributed by atoms with van der Waals surface area (Å²) < 4.78 is 5.62. The average Bonchev–Trinajstić information content (AvgIpc) is 2.78. The Morgan fingerprint density at radius 2 is 1.96 bits per heavy atom. The van der Waals surface area contributed by atoms with E-state index in [0.29, 0.717) is 30.3 Å². The molecule has 4 aliphatic rings. The molecule has 3 nitrogen and oxygen atoms in total. The number of Topliss-reactive ketones (excluding diaryl/α,β-unsaturated/α-hetero) is 1. The zero-order chi connectivity index (χ0) is 16.4. The fourth-order valence-electron chi connectivity index (χ4n) is 6.60. The molecule has 3 heteroatoms. The van der Waals surface area contributed by atoms with Crippen LogP contribution < -0.4 is 0 Å². The number of carbonyl (C=O) groups is 1. The van der Waals surface area contributed by atoms with Crippen LogP contribution in [0.25, 0.3) is 0 Å².